The third-order valence-electron chi connectivity index (χ3n) is 12.6. The molecule has 6 fully saturated rings. The second-order valence-corrected chi connectivity index (χ2v) is 16.1. The molecule has 0 radical (unpaired) electrons. The molecule has 9 rings (SSSR count). The number of nitrogens with zero attached hydrogens (tertiary/aromatic N) is 1. The highest BCUT2D eigenvalue weighted by Gasteiger charge is 2.51. The first-order valence-electron chi connectivity index (χ1n) is 19.0. The van der Waals surface area contributed by atoms with Crippen molar-refractivity contribution in [2.75, 3.05) is 19.7 Å². The summed E-state index contributed by atoms with van der Waals surface area (Å²) in [6.45, 7) is 4.57. The first kappa shape index (κ1) is 33.9. The number of likely N-dealkylation sites (tertiary alicyclic amines) is 1. The Morgan fingerprint density at radius 3 is 2.24 bits per heavy atom. The molecule has 4 N–H and O–H groups in total. The highest BCUT2D eigenvalue weighted by Crippen LogP contribution is 2.55. The molecule has 4 bridgehead atoms. The lowest BCUT2D eigenvalue weighted by atomic mass is 9.53. The average molecular weight is 680 g/mol. The molecule has 3 aromatic carbocycles. The lowest BCUT2D eigenvalue weighted by Gasteiger charge is -2.56. The maximum Gasteiger partial charge on any atom is 0.315 e. The molecule has 8 nitrogen and oxygen atoms in total. The summed E-state index contributed by atoms with van der Waals surface area (Å²) in [4.78, 5) is 15.5. The number of urea groups is 1. The van der Waals surface area contributed by atoms with Gasteiger partial charge >= 0.3 is 6.03 Å². The van der Waals surface area contributed by atoms with E-state index in [1.165, 1.54) is 19.3 Å². The maximum atomic E-state index is 13.1. The van der Waals surface area contributed by atoms with Crippen LogP contribution in [-0.2, 0) is 22.6 Å². The lowest BCUT2D eigenvalue weighted by Crippen LogP contribution is -2.61. The average Bonchev–Trinajstić information content (AvgIpc) is 3.58. The zero-order chi connectivity index (χ0) is 34.2. The predicted octanol–water partition coefficient (Wildman–Crippen LogP) is 6.86. The molecule has 2 heterocycles. The summed E-state index contributed by atoms with van der Waals surface area (Å²) in [5, 5.41) is 26.2. The Bertz CT molecular complexity index is 1590. The molecule has 6 aliphatic rings. The highest BCUT2D eigenvalue weighted by molar-refractivity contribution is 5.75. The summed E-state index contributed by atoms with van der Waals surface area (Å²) < 4.78 is 13.4. The van der Waals surface area contributed by atoms with Crippen molar-refractivity contribution in [1.29, 1.82) is 0 Å². The van der Waals surface area contributed by atoms with E-state index in [4.69, 9.17) is 9.47 Å². The van der Waals surface area contributed by atoms with Gasteiger partial charge in [-0.15, -0.1) is 0 Å². The largest absolute Gasteiger partial charge is 0.395 e. The van der Waals surface area contributed by atoms with Crippen LogP contribution in [0, 0.1) is 23.7 Å². The second-order valence-electron chi connectivity index (χ2n) is 16.1. The SMILES string of the molecule is C[C@H]1[C@@H](CN2CCC[C@H]2CO)O[C@@H](c2ccc(-c3cccc(CNC(=O)NC45CC6CC(CC(C6)C4)C5)c3)cc2)O[C@H]1c1ccc(CO)cc1. The van der Waals surface area contributed by atoms with Crippen molar-refractivity contribution in [2.24, 2.45) is 23.7 Å². The van der Waals surface area contributed by atoms with E-state index in [0.717, 1.165) is 96.3 Å². The Hall–Kier alpha value is -3.27. The number of hydrogen-bond acceptors (Lipinski definition) is 6. The van der Waals surface area contributed by atoms with Crippen LogP contribution in [0.25, 0.3) is 11.1 Å². The minimum atomic E-state index is -0.536. The van der Waals surface area contributed by atoms with Crippen LogP contribution in [0.3, 0.4) is 0 Å². The summed E-state index contributed by atoms with van der Waals surface area (Å²) in [5.41, 5.74) is 6.17. The fourth-order valence-corrected chi connectivity index (χ4v) is 10.3. The van der Waals surface area contributed by atoms with Gasteiger partial charge in [-0.2, -0.15) is 0 Å². The normalized spacial score (nSPS) is 33.4. The van der Waals surface area contributed by atoms with E-state index < -0.39 is 6.29 Å². The number of ether oxygens (including phenoxy) is 2. The molecular formula is C42H53N3O5. The van der Waals surface area contributed by atoms with Crippen LogP contribution in [-0.4, -0.2) is 58.5 Å². The van der Waals surface area contributed by atoms with Crippen molar-refractivity contribution < 1.29 is 24.5 Å². The maximum absolute atomic E-state index is 13.1. The van der Waals surface area contributed by atoms with E-state index in [1.54, 1.807) is 0 Å². The van der Waals surface area contributed by atoms with E-state index in [0.29, 0.717) is 6.54 Å². The van der Waals surface area contributed by atoms with Crippen LogP contribution in [0.5, 0.6) is 0 Å². The first-order valence-corrected chi connectivity index (χ1v) is 19.0. The van der Waals surface area contributed by atoms with E-state index in [-0.39, 0.29) is 49.0 Å². The number of carbonyl (C=O) groups excluding carboxylic acids is 1. The van der Waals surface area contributed by atoms with Crippen LogP contribution in [0.15, 0.2) is 72.8 Å². The molecule has 3 aromatic rings. The van der Waals surface area contributed by atoms with Crippen molar-refractivity contribution in [3.63, 3.8) is 0 Å². The van der Waals surface area contributed by atoms with Crippen LogP contribution >= 0.6 is 0 Å². The predicted molar refractivity (Wildman–Crippen MR) is 193 cm³/mol. The van der Waals surface area contributed by atoms with E-state index in [2.05, 4.69) is 83.1 Å². The molecular weight excluding hydrogens is 626 g/mol. The molecule has 0 aromatic heterocycles. The zero-order valence-electron chi connectivity index (χ0n) is 29.3. The van der Waals surface area contributed by atoms with Gasteiger partial charge in [0.1, 0.15) is 0 Å². The van der Waals surface area contributed by atoms with Gasteiger partial charge in [0.15, 0.2) is 6.29 Å². The van der Waals surface area contributed by atoms with Gasteiger partial charge in [-0.3, -0.25) is 4.90 Å². The molecule has 5 atom stereocenters. The van der Waals surface area contributed by atoms with Gasteiger partial charge in [0.05, 0.1) is 25.4 Å². The van der Waals surface area contributed by atoms with E-state index >= 15 is 0 Å². The molecule has 2 aliphatic heterocycles. The van der Waals surface area contributed by atoms with Crippen LogP contribution in [0.1, 0.15) is 92.9 Å². The molecule has 266 valence electrons. The third-order valence-corrected chi connectivity index (χ3v) is 12.6. The second kappa shape index (κ2) is 14.4. The Balaban J connectivity index is 0.939. The van der Waals surface area contributed by atoms with Gasteiger partial charge in [-0.1, -0.05) is 73.7 Å². The van der Waals surface area contributed by atoms with Gasteiger partial charge in [-0.25, -0.2) is 4.79 Å². The van der Waals surface area contributed by atoms with E-state index in [9.17, 15) is 15.0 Å². The standard InChI is InChI=1S/C42H53N3O5/c1-27-38(24-45-15-3-6-37(45)26-47)49-40(50-39(27)34-9-7-28(25-46)8-10-34)35-13-11-33(12-14-35)36-5-2-4-29(19-36)23-43-41(48)44-42-20-30-16-31(21-42)18-32(17-30)22-42/h2,4-5,7-14,19,27,30-32,37-40,46-47H,3,6,15-18,20-26H2,1H3,(H2,43,44,48)/t27-,30?,31?,32?,37-,38+,39+,40+,42?/m0/s1. The summed E-state index contributed by atoms with van der Waals surface area (Å²) in [6.07, 6.45) is 8.85. The monoisotopic (exact) mass is 679 g/mol. The number of rotatable bonds is 10. The Morgan fingerprint density at radius 2 is 1.56 bits per heavy atom. The van der Waals surface area contributed by atoms with Gasteiger partial charge < -0.3 is 30.3 Å². The smallest absolute Gasteiger partial charge is 0.315 e. The number of amides is 2. The molecule has 0 spiro atoms. The van der Waals surface area contributed by atoms with Crippen molar-refractivity contribution >= 4 is 6.03 Å². The van der Waals surface area contributed by atoms with E-state index in [1.807, 2.05) is 12.1 Å². The Kier molecular flexibility index (Phi) is 9.74. The summed E-state index contributed by atoms with van der Waals surface area (Å²) in [7, 11) is 0. The number of benzene rings is 3. The van der Waals surface area contributed by atoms with Crippen LogP contribution in [0.4, 0.5) is 4.79 Å². The van der Waals surface area contributed by atoms with Crippen LogP contribution in [0.2, 0.25) is 0 Å². The third kappa shape index (κ3) is 7.10. The molecule has 4 aliphatic carbocycles. The highest BCUT2D eigenvalue weighted by atomic mass is 16.7. The Labute approximate surface area is 296 Å². The van der Waals surface area contributed by atoms with Crippen LogP contribution < -0.4 is 10.6 Å². The quantitative estimate of drug-likeness (QED) is 0.187. The molecule has 0 unspecified atom stereocenters. The summed E-state index contributed by atoms with van der Waals surface area (Å²) in [6, 6.07) is 25.0. The molecule has 50 heavy (non-hydrogen) atoms. The van der Waals surface area contributed by atoms with Crippen molar-refractivity contribution in [3.8, 4) is 11.1 Å². The number of carbonyl (C=O) groups is 1. The lowest BCUT2D eigenvalue weighted by molar-refractivity contribution is -0.276. The molecule has 2 saturated heterocycles. The van der Waals surface area contributed by atoms with Gasteiger partial charge in [0.25, 0.3) is 0 Å². The summed E-state index contributed by atoms with van der Waals surface area (Å²) >= 11 is 0. The number of aliphatic hydroxyl groups excluding tert-OH is 2. The topological polar surface area (TPSA) is 103 Å². The van der Waals surface area contributed by atoms with Gasteiger partial charge in [0, 0.05) is 36.2 Å². The van der Waals surface area contributed by atoms with Crippen molar-refractivity contribution in [1.82, 2.24) is 15.5 Å². The fraction of sp³-hybridized carbons (Fsp3) is 0.548. The zero-order valence-corrected chi connectivity index (χ0v) is 29.3. The number of hydrogen-bond donors (Lipinski definition) is 4. The Morgan fingerprint density at radius 1 is 0.860 bits per heavy atom. The van der Waals surface area contributed by atoms with Crippen molar-refractivity contribution in [3.05, 3.63) is 95.1 Å². The fourth-order valence-electron chi connectivity index (χ4n) is 10.3. The minimum Gasteiger partial charge on any atom is -0.395 e. The number of aliphatic hydroxyl groups is 2. The minimum absolute atomic E-state index is 0.00678. The molecule has 2 amide bonds. The van der Waals surface area contributed by atoms with Gasteiger partial charge in [0.2, 0.25) is 0 Å². The first-order chi connectivity index (χ1) is 24.4. The number of nitrogens with one attached hydrogen (secondary N) is 2. The molecule has 8 heteroatoms. The molecule has 4 saturated carbocycles. The summed E-state index contributed by atoms with van der Waals surface area (Å²) in [5.74, 6) is 2.49. The van der Waals surface area contributed by atoms with Crippen molar-refractivity contribution in [2.45, 2.75) is 102 Å². The van der Waals surface area contributed by atoms with Gasteiger partial charge in [-0.05, 0) is 110 Å².